The van der Waals surface area contributed by atoms with Crippen molar-refractivity contribution in [3.63, 3.8) is 0 Å². The van der Waals surface area contributed by atoms with Gasteiger partial charge < -0.3 is 40.2 Å². The molecule has 0 aromatic heterocycles. The van der Waals surface area contributed by atoms with Gasteiger partial charge >= 0.3 is 11.9 Å². The van der Waals surface area contributed by atoms with Crippen molar-refractivity contribution < 1.29 is 53.6 Å². The Morgan fingerprint density at radius 3 is 2.43 bits per heavy atom. The molecule has 3 rings (SSSR count). The molecule has 330 valence electrons. The first-order valence-corrected chi connectivity index (χ1v) is 20.7. The fraction of sp³-hybridized carbons (Fsp3) is 0.556. The highest BCUT2D eigenvalue weighted by Crippen LogP contribution is 2.24. The Morgan fingerprint density at radius 2 is 1.77 bits per heavy atom. The Kier molecular flexibility index (Phi) is 19.9. The van der Waals surface area contributed by atoms with Crippen LogP contribution in [0.5, 0.6) is 5.75 Å². The van der Waals surface area contributed by atoms with Crippen molar-refractivity contribution in [1.82, 2.24) is 21.1 Å². The molecule has 1 unspecified atom stereocenters. The molecule has 1 aromatic rings. The van der Waals surface area contributed by atoms with Crippen LogP contribution >= 0.6 is 0 Å². The summed E-state index contributed by atoms with van der Waals surface area (Å²) in [5, 5.41) is 39.5. The third kappa shape index (κ3) is 15.8. The van der Waals surface area contributed by atoms with Crippen LogP contribution in [0.15, 0.2) is 72.4 Å². The molecule has 2 aliphatic heterocycles. The van der Waals surface area contributed by atoms with Gasteiger partial charge in [-0.25, -0.2) is 10.2 Å². The van der Waals surface area contributed by atoms with E-state index in [1.54, 1.807) is 64.1 Å². The van der Waals surface area contributed by atoms with E-state index in [-0.39, 0.29) is 56.3 Å². The summed E-state index contributed by atoms with van der Waals surface area (Å²) in [7, 11) is 0. The first kappa shape index (κ1) is 49.2. The molecule has 6 N–H and O–H groups in total. The number of Topliss-reactive ketones (excluding diaryl/α,β-unsaturated/α-hetero) is 1. The fourth-order valence-electron chi connectivity index (χ4n) is 6.73. The number of amides is 3. The second-order valence-electron chi connectivity index (χ2n) is 16.4. The van der Waals surface area contributed by atoms with E-state index in [0.717, 1.165) is 0 Å². The Balaban J connectivity index is 2.06. The first-order chi connectivity index (χ1) is 28.4. The van der Waals surface area contributed by atoms with Crippen LogP contribution in [-0.2, 0) is 44.7 Å². The van der Waals surface area contributed by atoms with Crippen molar-refractivity contribution in [2.45, 2.75) is 123 Å². The number of ether oxygens (including phenoxy) is 2. The van der Waals surface area contributed by atoms with Gasteiger partial charge in [0.25, 0.3) is 5.91 Å². The van der Waals surface area contributed by atoms with E-state index in [1.165, 1.54) is 42.3 Å². The van der Waals surface area contributed by atoms with Crippen LogP contribution in [0.3, 0.4) is 0 Å². The molecule has 60 heavy (non-hydrogen) atoms. The van der Waals surface area contributed by atoms with Gasteiger partial charge in [-0.15, -0.1) is 0 Å². The maximum atomic E-state index is 14.3. The molecule has 1 fully saturated rings. The Hall–Kier alpha value is -5.12. The smallest absolute Gasteiger partial charge is 0.330 e. The van der Waals surface area contributed by atoms with Crippen LogP contribution in [0.1, 0.15) is 86.1 Å². The van der Waals surface area contributed by atoms with Gasteiger partial charge in [-0.1, -0.05) is 83.2 Å². The number of benzene rings is 1. The highest BCUT2D eigenvalue weighted by Gasteiger charge is 2.38. The Morgan fingerprint density at radius 1 is 1.03 bits per heavy atom. The molecule has 0 saturated carbocycles. The van der Waals surface area contributed by atoms with E-state index in [0.29, 0.717) is 24.0 Å². The molecule has 2 aliphatic rings. The van der Waals surface area contributed by atoms with Crippen LogP contribution in [0.2, 0.25) is 0 Å². The van der Waals surface area contributed by atoms with Gasteiger partial charge in [0.1, 0.15) is 35.8 Å². The number of hydrazine groups is 1. The maximum Gasteiger partial charge on any atom is 0.330 e. The molecule has 2 bridgehead atoms. The van der Waals surface area contributed by atoms with Crippen LogP contribution in [0, 0.1) is 23.7 Å². The maximum absolute atomic E-state index is 14.3. The topological polar surface area (TPSA) is 221 Å². The van der Waals surface area contributed by atoms with Gasteiger partial charge in [0.05, 0.1) is 24.7 Å². The van der Waals surface area contributed by atoms with Gasteiger partial charge in [-0.2, -0.15) is 0 Å². The number of nitrogens with zero attached hydrogens (tertiary/aromatic N) is 1. The number of fused-ring (bicyclic) bond motifs is 2. The molecule has 1 saturated heterocycles. The summed E-state index contributed by atoms with van der Waals surface area (Å²) in [4.78, 5) is 80.3. The molecule has 8 atom stereocenters. The van der Waals surface area contributed by atoms with Gasteiger partial charge in [-0.3, -0.25) is 24.2 Å². The summed E-state index contributed by atoms with van der Waals surface area (Å²) in [5.41, 5.74) is 4.12. The number of aromatic hydroxyl groups is 1. The van der Waals surface area contributed by atoms with Gasteiger partial charge in [0.15, 0.2) is 0 Å². The molecule has 3 amide bonds. The SMILES string of the molecule is CC(=O)CC[C@H]1C(=O)N[C@@H](C(C)C)C(=O)N[C@@H](Cc2cccc(O)c2)C(=O)N2CCCC(N2)C(=O)O[C@H](/C(C)=C/C=C/C(=O)OCC(C)C)C/C=C/C=C/[C@H](O)[C@H](C)[C@H]1O. The molecule has 0 aliphatic carbocycles. The van der Waals surface area contributed by atoms with Gasteiger partial charge in [0.2, 0.25) is 11.8 Å². The molecule has 2 heterocycles. The van der Waals surface area contributed by atoms with Crippen molar-refractivity contribution in [2.75, 3.05) is 13.2 Å². The molecule has 15 nitrogen and oxygen atoms in total. The van der Waals surface area contributed by atoms with Crippen molar-refractivity contribution >= 4 is 35.4 Å². The molecule has 0 spiro atoms. The minimum atomic E-state index is -1.42. The molecule has 15 heteroatoms. The highest BCUT2D eigenvalue weighted by molar-refractivity contribution is 5.93. The van der Waals surface area contributed by atoms with Crippen LogP contribution in [0.4, 0.5) is 0 Å². The van der Waals surface area contributed by atoms with E-state index in [4.69, 9.17) is 9.47 Å². The quantitative estimate of drug-likeness (QED) is 0.107. The Bertz CT molecular complexity index is 1770. The summed E-state index contributed by atoms with van der Waals surface area (Å²) in [5.74, 6) is -5.76. The number of aliphatic hydroxyl groups excluding tert-OH is 2. The number of hydrogen-bond acceptors (Lipinski definition) is 12. The lowest BCUT2D eigenvalue weighted by molar-refractivity contribution is -0.156. The average molecular weight is 837 g/mol. The Labute approximate surface area is 353 Å². The number of aliphatic hydroxyl groups is 2. The first-order valence-electron chi connectivity index (χ1n) is 20.7. The predicted molar refractivity (Wildman–Crippen MR) is 224 cm³/mol. The molecule has 1 aromatic carbocycles. The zero-order chi connectivity index (χ0) is 44.5. The van der Waals surface area contributed by atoms with Crippen molar-refractivity contribution in [1.29, 1.82) is 0 Å². The monoisotopic (exact) mass is 836 g/mol. The summed E-state index contributed by atoms with van der Waals surface area (Å²) < 4.78 is 11.2. The van der Waals surface area contributed by atoms with Crippen LogP contribution < -0.4 is 16.1 Å². The van der Waals surface area contributed by atoms with E-state index >= 15 is 0 Å². The number of phenolic OH excluding ortho intramolecular Hbond substituents is 1. The second kappa shape index (κ2) is 24.2. The summed E-state index contributed by atoms with van der Waals surface area (Å²) in [6.07, 6.45) is 8.16. The number of carbonyl (C=O) groups excluding carboxylic acids is 6. The third-order valence-corrected chi connectivity index (χ3v) is 10.4. The van der Waals surface area contributed by atoms with E-state index in [1.807, 2.05) is 13.8 Å². The zero-order valence-corrected chi connectivity index (χ0v) is 35.8. The number of ketones is 1. The van der Waals surface area contributed by atoms with E-state index in [2.05, 4.69) is 16.1 Å². The average Bonchev–Trinajstić information content (AvgIpc) is 3.19. The number of carbonyl (C=O) groups is 6. The largest absolute Gasteiger partial charge is 0.508 e. The minimum Gasteiger partial charge on any atom is -0.508 e. The zero-order valence-electron chi connectivity index (χ0n) is 35.8. The summed E-state index contributed by atoms with van der Waals surface area (Å²) in [6, 6.07) is 2.89. The summed E-state index contributed by atoms with van der Waals surface area (Å²) >= 11 is 0. The van der Waals surface area contributed by atoms with Gasteiger partial charge in [0, 0.05) is 37.8 Å². The summed E-state index contributed by atoms with van der Waals surface area (Å²) in [6.45, 7) is 12.4. The lowest BCUT2D eigenvalue weighted by Gasteiger charge is -2.36. The normalized spacial score (nSPS) is 28.0. The van der Waals surface area contributed by atoms with Gasteiger partial charge in [-0.05, 0) is 68.2 Å². The van der Waals surface area contributed by atoms with Crippen LogP contribution in [0.25, 0.3) is 0 Å². The molecule has 0 radical (unpaired) electrons. The fourth-order valence-corrected chi connectivity index (χ4v) is 6.73. The van der Waals surface area contributed by atoms with E-state index < -0.39 is 83.9 Å². The lowest BCUT2D eigenvalue weighted by Crippen LogP contribution is -2.62. The predicted octanol–water partition coefficient (Wildman–Crippen LogP) is 3.53. The number of esters is 2. The lowest BCUT2D eigenvalue weighted by atomic mass is 9.84. The molecular formula is C45H64N4O11. The van der Waals surface area contributed by atoms with Crippen molar-refractivity contribution in [3.05, 3.63) is 77.9 Å². The number of allylic oxidation sites excluding steroid dienone is 4. The number of rotatable bonds is 11. The van der Waals surface area contributed by atoms with Crippen LogP contribution in [-0.4, -0.2) is 105 Å². The number of nitrogens with one attached hydrogen (secondary N) is 3. The van der Waals surface area contributed by atoms with Crippen molar-refractivity contribution in [3.8, 4) is 5.75 Å². The minimum absolute atomic E-state index is 0.0307. The molecular weight excluding hydrogens is 773 g/mol. The number of cyclic esters (lactones) is 1. The van der Waals surface area contributed by atoms with E-state index in [9.17, 15) is 44.1 Å². The second-order valence-corrected chi connectivity index (χ2v) is 16.4. The third-order valence-electron chi connectivity index (χ3n) is 10.4. The number of hydrogen-bond donors (Lipinski definition) is 6. The highest BCUT2D eigenvalue weighted by atomic mass is 16.5. The standard InChI is InChI=1S/C45H64N4O11/c1-27(2)26-59-39(53)20-11-14-29(5)38-19-10-8-9-18-37(52)31(7)41(54)34(22-21-30(6)50)42(55)47-40(28(3)4)43(56)46-36(25-32-15-12-16-33(51)24-32)44(57)49-23-13-17-35(48-49)45(58)60-38/h8-12,14-16,18,20,24,27-28,31,34-38,40-41,48,51-52,54H,13,17,19,21-23,25-26H2,1-7H3,(H,46,56)(H,47,55)/b10-8+,18-9+,20-11+,29-14+/t31-,34+,35?,36-,37-,38-,40-,41+/m0/s1. The van der Waals surface area contributed by atoms with Crippen molar-refractivity contribution in [2.24, 2.45) is 23.7 Å². The number of phenols is 1.